The predicted octanol–water partition coefficient (Wildman–Crippen LogP) is 1.59. The number of aryl methyl sites for hydroxylation is 1. The van der Waals surface area contributed by atoms with Crippen molar-refractivity contribution >= 4 is 21.6 Å². The Morgan fingerprint density at radius 3 is 2.72 bits per heavy atom. The van der Waals surface area contributed by atoms with E-state index in [1.165, 1.54) is 6.33 Å². The number of aromatic nitrogens is 2. The van der Waals surface area contributed by atoms with E-state index < -0.39 is 10.0 Å². The molecule has 5 nitrogen and oxygen atoms in total. The fraction of sp³-hybridized carbons (Fsp3) is 0.727. The molecule has 7 heteroatoms. The van der Waals surface area contributed by atoms with Gasteiger partial charge in [0.2, 0.25) is 0 Å². The average Bonchev–Trinajstić information content (AvgIpc) is 2.68. The number of nitrogens with zero attached hydrogens (tertiary/aromatic N) is 3. The molecule has 0 aromatic carbocycles. The lowest BCUT2D eigenvalue weighted by Gasteiger charge is -2.35. The minimum absolute atomic E-state index is 0.125. The summed E-state index contributed by atoms with van der Waals surface area (Å²) in [5.74, 6) is 0.473. The van der Waals surface area contributed by atoms with Crippen LogP contribution in [0, 0.1) is 0 Å². The fourth-order valence-electron chi connectivity index (χ4n) is 2.03. The first-order valence-electron chi connectivity index (χ1n) is 6.11. The lowest BCUT2D eigenvalue weighted by atomic mass is 9.93. The molecule has 1 saturated carbocycles. The molecular formula is C11H18ClN3O2S. The minimum atomic E-state index is -3.47. The van der Waals surface area contributed by atoms with Crippen LogP contribution in [-0.2, 0) is 17.1 Å². The molecule has 0 radical (unpaired) electrons. The second kappa shape index (κ2) is 5.59. The Morgan fingerprint density at radius 1 is 1.56 bits per heavy atom. The molecule has 0 saturated heterocycles. The molecule has 102 valence electrons. The SMILES string of the molecule is Cn1cnc(S(=O)(=O)N(CCCCl)C2CCC2)c1. The highest BCUT2D eigenvalue weighted by atomic mass is 35.5. The van der Waals surface area contributed by atoms with Crippen LogP contribution in [0.3, 0.4) is 0 Å². The molecule has 1 fully saturated rings. The first kappa shape index (κ1) is 13.8. The van der Waals surface area contributed by atoms with Gasteiger partial charge in [-0.05, 0) is 19.3 Å². The van der Waals surface area contributed by atoms with Crippen molar-refractivity contribution in [2.75, 3.05) is 12.4 Å². The number of alkyl halides is 1. The molecule has 18 heavy (non-hydrogen) atoms. The van der Waals surface area contributed by atoms with E-state index in [0.29, 0.717) is 18.8 Å². The summed E-state index contributed by atoms with van der Waals surface area (Å²) < 4.78 is 28.2. The van der Waals surface area contributed by atoms with Gasteiger partial charge < -0.3 is 4.57 Å². The summed E-state index contributed by atoms with van der Waals surface area (Å²) in [4.78, 5) is 3.96. The lowest BCUT2D eigenvalue weighted by molar-refractivity contribution is 0.219. The average molecular weight is 292 g/mol. The standard InChI is InChI=1S/C11H18ClN3O2S/c1-14-8-11(13-9-14)18(16,17)15(7-3-6-12)10-4-2-5-10/h8-10H,2-7H2,1H3. The summed E-state index contributed by atoms with van der Waals surface area (Å²) in [6.45, 7) is 0.479. The van der Waals surface area contributed by atoms with Gasteiger partial charge >= 0.3 is 0 Å². The highest BCUT2D eigenvalue weighted by molar-refractivity contribution is 7.89. The molecule has 1 aliphatic carbocycles. The molecule has 2 rings (SSSR count). The first-order chi connectivity index (χ1) is 8.55. The Labute approximate surface area is 113 Å². The molecule has 0 amide bonds. The Morgan fingerprint density at radius 2 is 2.28 bits per heavy atom. The van der Waals surface area contributed by atoms with Crippen molar-refractivity contribution in [1.82, 2.24) is 13.9 Å². The third-order valence-corrected chi connectivity index (χ3v) is 5.35. The zero-order valence-electron chi connectivity index (χ0n) is 10.4. The maximum absolute atomic E-state index is 12.5. The third-order valence-electron chi connectivity index (χ3n) is 3.25. The van der Waals surface area contributed by atoms with Crippen LogP contribution in [0.15, 0.2) is 17.6 Å². The molecule has 0 atom stereocenters. The van der Waals surface area contributed by atoms with E-state index in [1.54, 1.807) is 22.1 Å². The highest BCUT2D eigenvalue weighted by Gasteiger charge is 2.35. The Hall–Kier alpha value is -0.590. The lowest BCUT2D eigenvalue weighted by Crippen LogP contribution is -2.44. The van der Waals surface area contributed by atoms with E-state index in [2.05, 4.69) is 4.98 Å². The van der Waals surface area contributed by atoms with Gasteiger partial charge in [-0.1, -0.05) is 6.42 Å². The molecule has 1 aromatic heterocycles. The van der Waals surface area contributed by atoms with E-state index >= 15 is 0 Å². The largest absolute Gasteiger partial charge is 0.339 e. The molecule has 0 aliphatic heterocycles. The monoisotopic (exact) mass is 291 g/mol. The number of hydrogen-bond acceptors (Lipinski definition) is 3. The molecule has 0 bridgehead atoms. The molecule has 0 N–H and O–H groups in total. The third kappa shape index (κ3) is 2.70. The summed E-state index contributed by atoms with van der Waals surface area (Å²) in [6.07, 6.45) is 6.70. The van der Waals surface area contributed by atoms with E-state index in [0.717, 1.165) is 19.3 Å². The van der Waals surface area contributed by atoms with Crippen molar-refractivity contribution in [2.24, 2.45) is 7.05 Å². The van der Waals surface area contributed by atoms with E-state index in [-0.39, 0.29) is 11.1 Å². The second-order valence-electron chi connectivity index (χ2n) is 4.62. The maximum Gasteiger partial charge on any atom is 0.262 e. The number of sulfonamides is 1. The second-order valence-corrected chi connectivity index (χ2v) is 6.84. The van der Waals surface area contributed by atoms with Crippen LogP contribution in [0.1, 0.15) is 25.7 Å². The van der Waals surface area contributed by atoms with Crippen LogP contribution in [0.2, 0.25) is 0 Å². The van der Waals surface area contributed by atoms with E-state index in [9.17, 15) is 8.42 Å². The summed E-state index contributed by atoms with van der Waals surface area (Å²) in [5, 5.41) is 0.131. The van der Waals surface area contributed by atoms with Gasteiger partial charge in [-0.15, -0.1) is 11.6 Å². The van der Waals surface area contributed by atoms with Crippen LogP contribution in [-0.4, -0.2) is 40.7 Å². The summed E-state index contributed by atoms with van der Waals surface area (Å²) in [6, 6.07) is 0.125. The summed E-state index contributed by atoms with van der Waals surface area (Å²) in [5.41, 5.74) is 0. The highest BCUT2D eigenvalue weighted by Crippen LogP contribution is 2.29. The van der Waals surface area contributed by atoms with Gasteiger partial charge in [0.15, 0.2) is 5.03 Å². The number of rotatable bonds is 6. The minimum Gasteiger partial charge on any atom is -0.339 e. The van der Waals surface area contributed by atoms with Crippen molar-refractivity contribution in [3.63, 3.8) is 0 Å². The first-order valence-corrected chi connectivity index (χ1v) is 8.09. The van der Waals surface area contributed by atoms with Gasteiger partial charge in [0, 0.05) is 31.7 Å². The fourth-order valence-corrected chi connectivity index (χ4v) is 3.84. The van der Waals surface area contributed by atoms with Crippen molar-refractivity contribution in [3.8, 4) is 0 Å². The topological polar surface area (TPSA) is 55.2 Å². The van der Waals surface area contributed by atoms with Gasteiger partial charge in [0.1, 0.15) is 0 Å². The van der Waals surface area contributed by atoms with E-state index in [4.69, 9.17) is 11.6 Å². The van der Waals surface area contributed by atoms with Crippen molar-refractivity contribution in [1.29, 1.82) is 0 Å². The van der Waals surface area contributed by atoms with Gasteiger partial charge in [-0.2, -0.15) is 4.31 Å². The molecule has 1 aromatic rings. The number of imidazole rings is 1. The zero-order valence-corrected chi connectivity index (χ0v) is 12.0. The maximum atomic E-state index is 12.5. The van der Waals surface area contributed by atoms with Gasteiger partial charge in [0.05, 0.1) is 6.33 Å². The van der Waals surface area contributed by atoms with Crippen LogP contribution in [0.4, 0.5) is 0 Å². The summed E-state index contributed by atoms with van der Waals surface area (Å²) >= 11 is 5.67. The molecule has 1 heterocycles. The smallest absolute Gasteiger partial charge is 0.262 e. The van der Waals surface area contributed by atoms with Crippen LogP contribution >= 0.6 is 11.6 Å². The van der Waals surface area contributed by atoms with Crippen LogP contribution in [0.25, 0.3) is 0 Å². The molecule has 0 unspecified atom stereocenters. The van der Waals surface area contributed by atoms with Crippen molar-refractivity contribution < 1.29 is 8.42 Å². The Bertz CT molecular complexity index is 496. The van der Waals surface area contributed by atoms with Crippen LogP contribution in [0.5, 0.6) is 0 Å². The molecular weight excluding hydrogens is 274 g/mol. The number of halogens is 1. The Balaban J connectivity index is 2.22. The van der Waals surface area contributed by atoms with E-state index in [1.807, 2.05) is 0 Å². The normalized spacial score (nSPS) is 17.1. The van der Waals surface area contributed by atoms with Gasteiger partial charge in [0.25, 0.3) is 10.0 Å². The predicted molar refractivity (Wildman–Crippen MR) is 70.1 cm³/mol. The number of hydrogen-bond donors (Lipinski definition) is 0. The molecule has 1 aliphatic rings. The zero-order chi connectivity index (χ0) is 13.2. The van der Waals surface area contributed by atoms with Crippen LogP contribution < -0.4 is 0 Å². The Kier molecular flexibility index (Phi) is 4.29. The van der Waals surface area contributed by atoms with Crippen molar-refractivity contribution in [2.45, 2.75) is 36.8 Å². The van der Waals surface area contributed by atoms with Gasteiger partial charge in [-0.25, -0.2) is 13.4 Å². The van der Waals surface area contributed by atoms with Crippen molar-refractivity contribution in [3.05, 3.63) is 12.5 Å². The summed E-state index contributed by atoms with van der Waals surface area (Å²) in [7, 11) is -1.71. The van der Waals surface area contributed by atoms with Gasteiger partial charge in [-0.3, -0.25) is 0 Å². The quantitative estimate of drug-likeness (QED) is 0.748. The molecule has 0 spiro atoms.